The van der Waals surface area contributed by atoms with Crippen molar-refractivity contribution in [2.24, 2.45) is 0 Å². The van der Waals surface area contributed by atoms with E-state index in [1.165, 1.54) is 21.9 Å². The van der Waals surface area contributed by atoms with E-state index in [9.17, 15) is 9.59 Å². The summed E-state index contributed by atoms with van der Waals surface area (Å²) in [7, 11) is 1.59. The number of nitrogens with zero attached hydrogens (tertiary/aromatic N) is 5. The Balaban J connectivity index is 1.46. The molecule has 3 aromatic heterocycles. The van der Waals surface area contributed by atoms with Crippen LogP contribution < -0.4 is 10.3 Å². The molecule has 0 bridgehead atoms. The lowest BCUT2D eigenvalue weighted by Crippen LogP contribution is -2.14. The molecule has 0 amide bonds. The largest absolute Gasteiger partial charge is 0.497 e. The normalized spacial score (nSPS) is 11.0. The highest BCUT2D eigenvalue weighted by Gasteiger charge is 2.21. The van der Waals surface area contributed by atoms with Crippen molar-refractivity contribution in [1.82, 2.24) is 24.4 Å². The molecule has 0 atom stereocenters. The van der Waals surface area contributed by atoms with E-state index < -0.39 is 5.97 Å². The third-order valence-electron chi connectivity index (χ3n) is 5.06. The third kappa shape index (κ3) is 4.18. The van der Waals surface area contributed by atoms with Crippen LogP contribution in [0.4, 0.5) is 0 Å². The molecule has 0 unspecified atom stereocenters. The average Bonchev–Trinajstić information content (AvgIpc) is 3.48. The van der Waals surface area contributed by atoms with E-state index in [4.69, 9.17) is 9.47 Å². The number of carbonyl (C=O) groups excluding carboxylic acids is 1. The molecule has 5 aromatic rings. The molecule has 0 aliphatic rings. The van der Waals surface area contributed by atoms with Gasteiger partial charge in [-0.1, -0.05) is 29.5 Å². The summed E-state index contributed by atoms with van der Waals surface area (Å²) in [6.45, 7) is 1.65. The van der Waals surface area contributed by atoms with Crippen LogP contribution in [0.25, 0.3) is 21.9 Å². The van der Waals surface area contributed by atoms with Gasteiger partial charge < -0.3 is 9.47 Å². The maximum atomic E-state index is 13.1. The molecule has 2 aromatic carbocycles. The highest BCUT2D eigenvalue weighted by molar-refractivity contribution is 7.16. The highest BCUT2D eigenvalue weighted by atomic mass is 32.1. The summed E-state index contributed by atoms with van der Waals surface area (Å²) < 4.78 is 13.6. The van der Waals surface area contributed by atoms with Crippen molar-refractivity contribution in [3.05, 3.63) is 93.5 Å². The summed E-state index contributed by atoms with van der Waals surface area (Å²) in [6.07, 6.45) is 1.64. The zero-order chi connectivity index (χ0) is 23.7. The molecule has 10 heteroatoms. The minimum absolute atomic E-state index is 0.0933. The van der Waals surface area contributed by atoms with Gasteiger partial charge in [0, 0.05) is 23.5 Å². The van der Waals surface area contributed by atoms with Crippen molar-refractivity contribution in [2.75, 3.05) is 7.11 Å². The molecule has 0 saturated carbocycles. The van der Waals surface area contributed by atoms with Gasteiger partial charge in [-0.05, 0) is 43.3 Å². The molecule has 0 aliphatic heterocycles. The number of hydrogen-bond acceptors (Lipinski definition) is 8. The van der Waals surface area contributed by atoms with Crippen LogP contribution in [0.15, 0.2) is 71.7 Å². The minimum Gasteiger partial charge on any atom is -0.497 e. The van der Waals surface area contributed by atoms with Gasteiger partial charge in [0.15, 0.2) is 5.01 Å². The van der Waals surface area contributed by atoms with Crippen LogP contribution in [0.3, 0.4) is 0 Å². The number of aromatic nitrogens is 5. The zero-order valence-electron chi connectivity index (χ0n) is 18.3. The Kier molecular flexibility index (Phi) is 5.64. The Morgan fingerprint density at radius 2 is 1.82 bits per heavy atom. The minimum atomic E-state index is -0.552. The standard InChI is InChI=1S/C24H19N5O4S/c1-15-12-21(30)29-24(25-15)34-20(26-29)14-33-23(31)19-13-28(17-6-4-3-5-7-17)27-22(19)16-8-10-18(32-2)11-9-16/h3-13H,14H2,1-2H3. The second-order valence-electron chi connectivity index (χ2n) is 7.40. The number of para-hydroxylation sites is 1. The molecule has 3 heterocycles. The molecule has 5 rings (SSSR count). The van der Waals surface area contributed by atoms with Crippen molar-refractivity contribution in [2.45, 2.75) is 13.5 Å². The Morgan fingerprint density at radius 3 is 2.56 bits per heavy atom. The van der Waals surface area contributed by atoms with E-state index in [0.717, 1.165) is 11.3 Å². The van der Waals surface area contributed by atoms with Gasteiger partial charge in [0.1, 0.15) is 23.6 Å². The molecular weight excluding hydrogens is 454 g/mol. The average molecular weight is 474 g/mol. The van der Waals surface area contributed by atoms with E-state index >= 15 is 0 Å². The summed E-state index contributed by atoms with van der Waals surface area (Å²) in [4.78, 5) is 30.0. The van der Waals surface area contributed by atoms with Crippen molar-refractivity contribution in [3.63, 3.8) is 0 Å². The van der Waals surface area contributed by atoms with Gasteiger partial charge in [-0.2, -0.15) is 14.7 Å². The lowest BCUT2D eigenvalue weighted by molar-refractivity contribution is 0.0472. The monoisotopic (exact) mass is 473 g/mol. The topological polar surface area (TPSA) is 101 Å². The van der Waals surface area contributed by atoms with Crippen LogP contribution in [-0.2, 0) is 11.3 Å². The first-order valence-corrected chi connectivity index (χ1v) is 11.2. The van der Waals surface area contributed by atoms with Crippen LogP contribution in [0.1, 0.15) is 21.1 Å². The number of fused-ring (bicyclic) bond motifs is 1. The number of esters is 1. The fraction of sp³-hybridized carbons (Fsp3) is 0.125. The van der Waals surface area contributed by atoms with Crippen LogP contribution in [0, 0.1) is 6.92 Å². The predicted molar refractivity (Wildman–Crippen MR) is 127 cm³/mol. The van der Waals surface area contributed by atoms with Crippen LogP contribution in [0.2, 0.25) is 0 Å². The first-order chi connectivity index (χ1) is 16.5. The molecule has 170 valence electrons. The number of ether oxygens (including phenoxy) is 2. The first-order valence-electron chi connectivity index (χ1n) is 10.3. The lowest BCUT2D eigenvalue weighted by Gasteiger charge is -2.04. The van der Waals surface area contributed by atoms with E-state index in [1.807, 2.05) is 42.5 Å². The second-order valence-corrected chi connectivity index (χ2v) is 8.44. The van der Waals surface area contributed by atoms with E-state index in [1.54, 1.807) is 37.0 Å². The number of rotatable bonds is 6. The fourth-order valence-corrected chi connectivity index (χ4v) is 4.28. The molecule has 0 aliphatic carbocycles. The molecule has 0 fully saturated rings. The number of hydrogen-bond donors (Lipinski definition) is 0. The van der Waals surface area contributed by atoms with Crippen LogP contribution >= 0.6 is 11.3 Å². The quantitative estimate of drug-likeness (QED) is 0.347. The van der Waals surface area contributed by atoms with Crippen LogP contribution in [0.5, 0.6) is 5.75 Å². The summed E-state index contributed by atoms with van der Waals surface area (Å²) in [5.74, 6) is 0.147. The SMILES string of the molecule is COc1ccc(-c2nn(-c3ccccc3)cc2C(=O)OCc2nn3c(=O)cc(C)nc3s2)cc1. The smallest absolute Gasteiger partial charge is 0.342 e. The van der Waals surface area contributed by atoms with Gasteiger partial charge in [0.2, 0.25) is 4.96 Å². The van der Waals surface area contributed by atoms with E-state index in [2.05, 4.69) is 15.2 Å². The Bertz CT molecular complexity index is 1540. The third-order valence-corrected chi connectivity index (χ3v) is 5.94. The first kappa shape index (κ1) is 21.5. The molecule has 0 saturated heterocycles. The Hall–Kier alpha value is -4.31. The summed E-state index contributed by atoms with van der Waals surface area (Å²) in [5.41, 5.74) is 2.67. The lowest BCUT2D eigenvalue weighted by atomic mass is 10.1. The molecule has 34 heavy (non-hydrogen) atoms. The molecular formula is C24H19N5O4S. The maximum absolute atomic E-state index is 13.1. The molecule has 0 radical (unpaired) electrons. The van der Waals surface area contributed by atoms with Crippen molar-refractivity contribution in [1.29, 1.82) is 0 Å². The van der Waals surface area contributed by atoms with Gasteiger partial charge in [-0.15, -0.1) is 0 Å². The number of carbonyl (C=O) groups is 1. The molecule has 0 N–H and O–H groups in total. The summed E-state index contributed by atoms with van der Waals surface area (Å²) in [6, 6.07) is 18.2. The fourth-order valence-electron chi connectivity index (χ4n) is 3.42. The highest BCUT2D eigenvalue weighted by Crippen LogP contribution is 2.27. The van der Waals surface area contributed by atoms with E-state index in [0.29, 0.717) is 32.7 Å². The van der Waals surface area contributed by atoms with Gasteiger partial charge in [-0.3, -0.25) is 4.79 Å². The second kappa shape index (κ2) is 8.91. The summed E-state index contributed by atoms with van der Waals surface area (Å²) >= 11 is 1.20. The van der Waals surface area contributed by atoms with Crippen molar-refractivity contribution < 1.29 is 14.3 Å². The zero-order valence-corrected chi connectivity index (χ0v) is 19.2. The van der Waals surface area contributed by atoms with Gasteiger partial charge in [0.05, 0.1) is 12.8 Å². The number of methoxy groups -OCH3 is 1. The van der Waals surface area contributed by atoms with Crippen molar-refractivity contribution in [3.8, 4) is 22.7 Å². The number of benzene rings is 2. The molecule has 9 nitrogen and oxygen atoms in total. The summed E-state index contributed by atoms with van der Waals surface area (Å²) in [5, 5.41) is 9.33. The van der Waals surface area contributed by atoms with Crippen LogP contribution in [-0.4, -0.2) is 37.5 Å². The van der Waals surface area contributed by atoms with Gasteiger partial charge >= 0.3 is 5.97 Å². The Labute approximate surface area is 197 Å². The maximum Gasteiger partial charge on any atom is 0.342 e. The predicted octanol–water partition coefficient (Wildman–Crippen LogP) is 3.68. The Morgan fingerprint density at radius 1 is 1.06 bits per heavy atom. The van der Waals surface area contributed by atoms with Gasteiger partial charge in [-0.25, -0.2) is 14.5 Å². The number of aryl methyl sites for hydroxylation is 1. The van der Waals surface area contributed by atoms with Gasteiger partial charge in [0.25, 0.3) is 5.56 Å². The van der Waals surface area contributed by atoms with Crippen molar-refractivity contribution >= 4 is 22.3 Å². The van der Waals surface area contributed by atoms with E-state index in [-0.39, 0.29) is 12.2 Å². The molecule has 0 spiro atoms.